The van der Waals surface area contributed by atoms with Crippen molar-refractivity contribution in [2.45, 2.75) is 40.7 Å². The largest absolute Gasteiger partial charge is 0.324 e. The fourth-order valence-corrected chi connectivity index (χ4v) is 2.25. The Labute approximate surface area is 103 Å². The Morgan fingerprint density at radius 2 is 1.88 bits per heavy atom. The molecule has 3 heteroatoms. The second-order valence-corrected chi connectivity index (χ2v) is 3.69. The molecular weight excluding hydrogens is 216 g/mol. The number of thiophene rings is 1. The molecule has 2 aromatic rings. The van der Waals surface area contributed by atoms with E-state index < -0.39 is 0 Å². The fraction of sp³-hybridized carbons (Fsp3) is 0.462. The van der Waals surface area contributed by atoms with Gasteiger partial charge >= 0.3 is 0 Å². The van der Waals surface area contributed by atoms with Crippen LogP contribution in [0.3, 0.4) is 0 Å². The van der Waals surface area contributed by atoms with Crippen LogP contribution >= 0.6 is 11.3 Å². The summed E-state index contributed by atoms with van der Waals surface area (Å²) >= 11 is 1.65. The summed E-state index contributed by atoms with van der Waals surface area (Å²) in [7, 11) is 0. The van der Waals surface area contributed by atoms with Crippen LogP contribution in [0.25, 0.3) is 10.2 Å². The van der Waals surface area contributed by atoms with Crippen LogP contribution < -0.4 is 5.73 Å². The molecule has 2 rings (SSSR count). The highest BCUT2D eigenvalue weighted by molar-refractivity contribution is 7.16. The van der Waals surface area contributed by atoms with Crippen LogP contribution in [-0.4, -0.2) is 4.98 Å². The first-order chi connectivity index (χ1) is 7.79. The third kappa shape index (κ3) is 3.58. The van der Waals surface area contributed by atoms with Crippen molar-refractivity contribution in [2.24, 2.45) is 5.73 Å². The standard InChI is InChI=1S/C9H10N2S.2C2H6/c1-6(10)8-5-12-9-7(8)3-2-4-11-9;2*1-2/h2-6H,10H2,1H3;2*1-2H3. The van der Waals surface area contributed by atoms with Crippen molar-refractivity contribution >= 4 is 21.6 Å². The highest BCUT2D eigenvalue weighted by atomic mass is 32.1. The topological polar surface area (TPSA) is 38.9 Å². The van der Waals surface area contributed by atoms with Crippen LogP contribution in [0, 0.1) is 0 Å². The van der Waals surface area contributed by atoms with Gasteiger partial charge in [0.05, 0.1) is 0 Å². The first kappa shape index (κ1) is 15.1. The van der Waals surface area contributed by atoms with Crippen LogP contribution in [0.1, 0.15) is 46.2 Å². The maximum absolute atomic E-state index is 5.80. The summed E-state index contributed by atoms with van der Waals surface area (Å²) in [5.74, 6) is 0. The molecule has 1 unspecified atom stereocenters. The molecule has 0 aliphatic carbocycles. The predicted octanol–water partition coefficient (Wildman–Crippen LogP) is 4.37. The zero-order valence-electron chi connectivity index (χ0n) is 10.8. The van der Waals surface area contributed by atoms with Gasteiger partial charge in [-0.3, -0.25) is 0 Å². The summed E-state index contributed by atoms with van der Waals surface area (Å²) in [6.07, 6.45) is 1.81. The molecule has 0 aliphatic rings. The van der Waals surface area contributed by atoms with Crippen molar-refractivity contribution in [3.8, 4) is 0 Å². The van der Waals surface area contributed by atoms with Gasteiger partial charge in [-0.25, -0.2) is 4.98 Å². The number of fused-ring (bicyclic) bond motifs is 1. The Bertz CT molecular complexity index is 393. The van der Waals surface area contributed by atoms with Crippen LogP contribution in [0.2, 0.25) is 0 Å². The van der Waals surface area contributed by atoms with Gasteiger partial charge in [0.15, 0.2) is 0 Å². The lowest BCUT2D eigenvalue weighted by Crippen LogP contribution is -2.03. The number of hydrogen-bond acceptors (Lipinski definition) is 3. The molecule has 90 valence electrons. The van der Waals surface area contributed by atoms with Gasteiger partial charge in [0.1, 0.15) is 4.83 Å². The van der Waals surface area contributed by atoms with Gasteiger partial charge in [0.25, 0.3) is 0 Å². The molecule has 0 spiro atoms. The molecule has 16 heavy (non-hydrogen) atoms. The van der Waals surface area contributed by atoms with Gasteiger partial charge in [-0.15, -0.1) is 11.3 Å². The molecular formula is C13H22N2S. The molecule has 0 saturated heterocycles. The van der Waals surface area contributed by atoms with E-state index in [0.29, 0.717) is 0 Å². The van der Waals surface area contributed by atoms with Crippen LogP contribution in [0.15, 0.2) is 23.7 Å². The number of nitrogens with two attached hydrogens (primary N) is 1. The number of nitrogens with zero attached hydrogens (tertiary/aromatic N) is 1. The van der Waals surface area contributed by atoms with Crippen LogP contribution in [-0.2, 0) is 0 Å². The maximum Gasteiger partial charge on any atom is 0.123 e. The van der Waals surface area contributed by atoms with Crippen molar-refractivity contribution < 1.29 is 0 Å². The lowest BCUT2D eigenvalue weighted by Gasteiger charge is -2.01. The Morgan fingerprint density at radius 1 is 1.25 bits per heavy atom. The minimum atomic E-state index is 0.1000. The number of pyridine rings is 1. The average Bonchev–Trinajstić information content (AvgIpc) is 2.78. The molecule has 2 N–H and O–H groups in total. The second kappa shape index (κ2) is 8.25. The monoisotopic (exact) mass is 238 g/mol. The first-order valence-corrected chi connectivity index (χ1v) is 6.74. The second-order valence-electron chi connectivity index (χ2n) is 2.84. The molecule has 0 aromatic carbocycles. The SMILES string of the molecule is CC.CC.CC(N)c1csc2ncccc12. The van der Waals surface area contributed by atoms with Gasteiger partial charge in [0.2, 0.25) is 0 Å². The molecule has 0 saturated carbocycles. The lowest BCUT2D eigenvalue weighted by molar-refractivity contribution is 0.830. The van der Waals surface area contributed by atoms with E-state index >= 15 is 0 Å². The van der Waals surface area contributed by atoms with Crippen LogP contribution in [0.4, 0.5) is 0 Å². The van der Waals surface area contributed by atoms with E-state index in [2.05, 4.69) is 16.4 Å². The van der Waals surface area contributed by atoms with Crippen molar-refractivity contribution in [1.29, 1.82) is 0 Å². The van der Waals surface area contributed by atoms with E-state index in [-0.39, 0.29) is 6.04 Å². The molecule has 0 bridgehead atoms. The number of rotatable bonds is 1. The Kier molecular flexibility index (Phi) is 7.77. The Balaban J connectivity index is 0.000000509. The molecule has 1 atom stereocenters. The normalized spacial score (nSPS) is 10.9. The van der Waals surface area contributed by atoms with E-state index in [1.54, 1.807) is 11.3 Å². The summed E-state index contributed by atoms with van der Waals surface area (Å²) in [4.78, 5) is 5.32. The highest BCUT2D eigenvalue weighted by Gasteiger charge is 2.06. The summed E-state index contributed by atoms with van der Waals surface area (Å²) < 4.78 is 0. The van der Waals surface area contributed by atoms with Gasteiger partial charge in [-0.05, 0) is 23.9 Å². The van der Waals surface area contributed by atoms with Crippen molar-refractivity contribution in [3.05, 3.63) is 29.3 Å². The lowest BCUT2D eigenvalue weighted by atomic mass is 10.1. The third-order valence-electron chi connectivity index (χ3n) is 1.87. The van der Waals surface area contributed by atoms with E-state index in [1.165, 1.54) is 10.9 Å². The summed E-state index contributed by atoms with van der Waals surface area (Å²) in [6.45, 7) is 9.99. The number of aromatic nitrogens is 1. The van der Waals surface area contributed by atoms with Crippen molar-refractivity contribution in [1.82, 2.24) is 4.98 Å². The molecule has 2 nitrogen and oxygen atoms in total. The fourth-order valence-electron chi connectivity index (χ4n) is 1.24. The Hall–Kier alpha value is -0.930. The minimum absolute atomic E-state index is 0.1000. The number of hydrogen-bond donors (Lipinski definition) is 1. The molecule has 0 radical (unpaired) electrons. The Morgan fingerprint density at radius 3 is 2.44 bits per heavy atom. The van der Waals surface area contributed by atoms with Gasteiger partial charge < -0.3 is 5.73 Å². The van der Waals surface area contributed by atoms with Gasteiger partial charge in [-0.2, -0.15) is 0 Å². The van der Waals surface area contributed by atoms with Gasteiger partial charge in [0, 0.05) is 17.6 Å². The maximum atomic E-state index is 5.80. The quantitative estimate of drug-likeness (QED) is 0.801. The minimum Gasteiger partial charge on any atom is -0.324 e. The molecule has 0 fully saturated rings. The summed E-state index contributed by atoms with van der Waals surface area (Å²) in [6, 6.07) is 4.11. The summed E-state index contributed by atoms with van der Waals surface area (Å²) in [5.41, 5.74) is 7.00. The molecule has 0 aliphatic heterocycles. The van der Waals surface area contributed by atoms with E-state index in [0.717, 1.165) is 4.83 Å². The molecule has 2 aromatic heterocycles. The van der Waals surface area contributed by atoms with Crippen molar-refractivity contribution in [2.75, 3.05) is 0 Å². The molecule has 2 heterocycles. The smallest absolute Gasteiger partial charge is 0.123 e. The van der Waals surface area contributed by atoms with Crippen LogP contribution in [0.5, 0.6) is 0 Å². The van der Waals surface area contributed by atoms with Crippen molar-refractivity contribution in [3.63, 3.8) is 0 Å². The third-order valence-corrected chi connectivity index (χ3v) is 2.79. The van der Waals surface area contributed by atoms with Gasteiger partial charge in [-0.1, -0.05) is 33.8 Å². The first-order valence-electron chi connectivity index (χ1n) is 5.87. The average molecular weight is 238 g/mol. The van der Waals surface area contributed by atoms with E-state index in [4.69, 9.17) is 5.73 Å². The van der Waals surface area contributed by atoms with E-state index in [9.17, 15) is 0 Å². The van der Waals surface area contributed by atoms with E-state index in [1.807, 2.05) is 46.9 Å². The predicted molar refractivity (Wildman–Crippen MR) is 74.9 cm³/mol. The summed E-state index contributed by atoms with van der Waals surface area (Å²) in [5, 5.41) is 3.28. The zero-order valence-corrected chi connectivity index (χ0v) is 11.6. The highest BCUT2D eigenvalue weighted by Crippen LogP contribution is 2.26. The molecule has 0 amide bonds. The zero-order chi connectivity index (χ0) is 12.6.